The number of carbonyl (C=O) groups is 1. The Labute approximate surface area is 198 Å². The Balaban J connectivity index is 0.000000499. The number of hydrogen-bond donors (Lipinski definition) is 0. The lowest BCUT2D eigenvalue weighted by atomic mass is 9.79. The van der Waals surface area contributed by atoms with Crippen LogP contribution in [0.3, 0.4) is 0 Å². The number of anilines is 1. The summed E-state index contributed by atoms with van der Waals surface area (Å²) in [5, 5.41) is 0. The number of pyridine rings is 1. The van der Waals surface area contributed by atoms with E-state index in [0.717, 1.165) is 19.2 Å². The van der Waals surface area contributed by atoms with Crippen LogP contribution in [0.25, 0.3) is 11.3 Å². The van der Waals surface area contributed by atoms with Gasteiger partial charge in [-0.25, -0.2) is 13.9 Å². The maximum absolute atomic E-state index is 14.6. The zero-order chi connectivity index (χ0) is 24.1. The first kappa shape index (κ1) is 24.1. The molecule has 8 nitrogen and oxygen atoms in total. The molecule has 2 aromatic heterocycles. The fourth-order valence-corrected chi connectivity index (χ4v) is 5.33. The highest BCUT2D eigenvalue weighted by Crippen LogP contribution is 2.43. The van der Waals surface area contributed by atoms with Crippen molar-refractivity contribution in [1.82, 2.24) is 19.9 Å². The van der Waals surface area contributed by atoms with Gasteiger partial charge in [-0.3, -0.25) is 14.8 Å². The molecule has 4 heterocycles. The summed E-state index contributed by atoms with van der Waals surface area (Å²) in [4.78, 5) is 25.8. The first-order valence-electron chi connectivity index (χ1n) is 11.7. The van der Waals surface area contributed by atoms with E-state index in [1.807, 2.05) is 4.90 Å². The molecule has 3 fully saturated rings. The fourth-order valence-electron chi connectivity index (χ4n) is 5.33. The van der Waals surface area contributed by atoms with Gasteiger partial charge in [0.1, 0.15) is 11.6 Å². The van der Waals surface area contributed by atoms with Crippen LogP contribution in [0.2, 0.25) is 0 Å². The summed E-state index contributed by atoms with van der Waals surface area (Å²) in [5.74, 6) is -1.15. The van der Waals surface area contributed by atoms with E-state index in [0.29, 0.717) is 43.1 Å². The molecular weight excluding hydrogens is 442 g/mol. The van der Waals surface area contributed by atoms with Crippen molar-refractivity contribution in [3.05, 3.63) is 36.4 Å². The molecule has 1 spiro atoms. The molecule has 2 saturated heterocycles. The lowest BCUT2D eigenvalue weighted by Gasteiger charge is -2.45. The third-order valence-electron chi connectivity index (χ3n) is 6.74. The third kappa shape index (κ3) is 5.22. The molecular formula is C24H31F2N6O2+. The second kappa shape index (κ2) is 10.5. The lowest BCUT2D eigenvalue weighted by Crippen LogP contribution is -2.53. The number of nitrogens with zero attached hydrogens (tertiary/aromatic N) is 6. The highest BCUT2D eigenvalue weighted by Gasteiger charge is 2.48. The second-order valence-electron chi connectivity index (χ2n) is 9.16. The maximum atomic E-state index is 14.6. The van der Waals surface area contributed by atoms with Crippen LogP contribution in [-0.2, 0) is 9.53 Å². The minimum Gasteiger partial charge on any atom is -0.468 e. The number of piperazine rings is 1. The molecule has 5 rings (SSSR count). The van der Waals surface area contributed by atoms with E-state index in [2.05, 4.69) is 36.2 Å². The molecule has 2 aromatic rings. The molecule has 0 radical (unpaired) electrons. The Morgan fingerprint density at radius 2 is 2.00 bits per heavy atom. The lowest BCUT2D eigenvalue weighted by molar-refractivity contribution is -0.531. The van der Waals surface area contributed by atoms with Crippen LogP contribution in [0.1, 0.15) is 26.2 Å². The molecule has 1 aliphatic carbocycles. The zero-order valence-corrected chi connectivity index (χ0v) is 19.7. The predicted octanol–water partition coefficient (Wildman–Crippen LogP) is 2.39. The quantitative estimate of drug-likeness (QED) is 0.384. The summed E-state index contributed by atoms with van der Waals surface area (Å²) in [6, 6.07) is 0.813. The predicted molar refractivity (Wildman–Crippen MR) is 124 cm³/mol. The van der Waals surface area contributed by atoms with Crippen LogP contribution >= 0.6 is 0 Å². The number of likely N-dealkylation sites (tertiary alicyclic amines) is 1. The van der Waals surface area contributed by atoms with Gasteiger partial charge in [-0.05, 0) is 20.4 Å². The number of halogens is 2. The third-order valence-corrected chi connectivity index (χ3v) is 6.74. The Hall–Kier alpha value is -3.01. The SMILES string of the molecule is CCOC=O.CN1CC2(CCC(=[N+]3CCN(c4nc(F)cc(F)c4-c4cnccn4)CC3)C2)C1. The summed E-state index contributed by atoms with van der Waals surface area (Å²) < 4.78 is 35.2. The van der Waals surface area contributed by atoms with E-state index in [4.69, 9.17) is 0 Å². The Kier molecular flexibility index (Phi) is 7.45. The maximum Gasteiger partial charge on any atom is 0.293 e. The van der Waals surface area contributed by atoms with Crippen LogP contribution in [0, 0.1) is 17.2 Å². The normalized spacial score (nSPS) is 19.5. The Morgan fingerprint density at radius 3 is 2.59 bits per heavy atom. The van der Waals surface area contributed by atoms with Crippen molar-refractivity contribution in [3.8, 4) is 11.3 Å². The number of ether oxygens (including phenoxy) is 1. The van der Waals surface area contributed by atoms with Crippen molar-refractivity contribution in [3.63, 3.8) is 0 Å². The van der Waals surface area contributed by atoms with E-state index in [1.54, 1.807) is 12.6 Å². The molecule has 1 saturated carbocycles. The average Bonchev–Trinajstić information content (AvgIpc) is 3.25. The molecule has 0 amide bonds. The topological polar surface area (TPSA) is 74.5 Å². The van der Waals surface area contributed by atoms with Gasteiger partial charge in [0.25, 0.3) is 6.47 Å². The number of aromatic nitrogens is 3. The van der Waals surface area contributed by atoms with Crippen LogP contribution in [-0.4, -0.2) is 89.5 Å². The monoisotopic (exact) mass is 473 g/mol. The molecule has 0 aromatic carbocycles. The minimum absolute atomic E-state index is 0.220. The fraction of sp³-hybridized carbons (Fsp3) is 0.542. The van der Waals surface area contributed by atoms with Crippen LogP contribution in [0.15, 0.2) is 24.7 Å². The van der Waals surface area contributed by atoms with E-state index in [1.165, 1.54) is 50.9 Å². The van der Waals surface area contributed by atoms with Crippen LogP contribution in [0.5, 0.6) is 0 Å². The Bertz CT molecular complexity index is 1030. The average molecular weight is 474 g/mol. The van der Waals surface area contributed by atoms with Crippen LogP contribution < -0.4 is 4.90 Å². The zero-order valence-electron chi connectivity index (χ0n) is 19.7. The summed E-state index contributed by atoms with van der Waals surface area (Å²) >= 11 is 0. The van der Waals surface area contributed by atoms with Gasteiger partial charge >= 0.3 is 0 Å². The summed E-state index contributed by atoms with van der Waals surface area (Å²) in [5.41, 5.74) is 2.63. The highest BCUT2D eigenvalue weighted by molar-refractivity contribution is 5.83. The Morgan fingerprint density at radius 1 is 1.24 bits per heavy atom. The number of hydrogen-bond acceptors (Lipinski definition) is 7. The van der Waals surface area contributed by atoms with E-state index >= 15 is 0 Å². The molecule has 182 valence electrons. The summed E-state index contributed by atoms with van der Waals surface area (Å²) in [6.45, 7) is 8.12. The van der Waals surface area contributed by atoms with Gasteiger partial charge in [0.15, 0.2) is 18.8 Å². The van der Waals surface area contributed by atoms with Crippen LogP contribution in [0.4, 0.5) is 14.6 Å². The molecule has 2 aliphatic heterocycles. The van der Waals surface area contributed by atoms with Gasteiger partial charge in [-0.15, -0.1) is 0 Å². The van der Waals surface area contributed by atoms with Gasteiger partial charge in [-0.1, -0.05) is 0 Å². The molecule has 10 heteroatoms. The number of carbonyl (C=O) groups excluding carboxylic acids is 1. The first-order valence-corrected chi connectivity index (χ1v) is 11.7. The van der Waals surface area contributed by atoms with E-state index in [-0.39, 0.29) is 5.56 Å². The standard InChI is InChI=1S/C21H25F2N6.C3H6O2/c1-27-13-21(14-27)3-2-15(11-21)28-6-8-29(9-7-28)20-19(16(22)10-18(23)26-20)17-12-24-4-5-25-17;1-2-5-3-4/h4-5,10,12H,2-3,6-9,11,13-14H2,1H3;3H,2H2,1H3/q+1;. The molecule has 3 aliphatic rings. The molecule has 34 heavy (non-hydrogen) atoms. The smallest absolute Gasteiger partial charge is 0.293 e. The molecule has 0 bridgehead atoms. The van der Waals surface area contributed by atoms with Gasteiger partial charge in [-0.2, -0.15) is 4.39 Å². The molecule has 0 atom stereocenters. The first-order chi connectivity index (χ1) is 16.4. The van der Waals surface area contributed by atoms with Gasteiger partial charge < -0.3 is 14.5 Å². The van der Waals surface area contributed by atoms with Crippen molar-refractivity contribution in [2.75, 3.05) is 57.8 Å². The van der Waals surface area contributed by atoms with Crippen molar-refractivity contribution in [2.24, 2.45) is 5.41 Å². The summed E-state index contributed by atoms with van der Waals surface area (Å²) in [6.07, 6.45) is 8.16. The minimum atomic E-state index is -0.811. The van der Waals surface area contributed by atoms with Crippen molar-refractivity contribution in [1.29, 1.82) is 0 Å². The number of rotatable bonds is 4. The molecule has 0 unspecified atom stereocenters. The molecule has 0 N–H and O–H groups in total. The van der Waals surface area contributed by atoms with Crippen molar-refractivity contribution in [2.45, 2.75) is 26.2 Å². The van der Waals surface area contributed by atoms with E-state index in [9.17, 15) is 13.6 Å². The summed E-state index contributed by atoms with van der Waals surface area (Å²) in [7, 11) is 2.18. The van der Waals surface area contributed by atoms with Crippen molar-refractivity contribution >= 4 is 18.0 Å². The highest BCUT2D eigenvalue weighted by atomic mass is 19.1. The van der Waals surface area contributed by atoms with Gasteiger partial charge in [0, 0.05) is 49.8 Å². The van der Waals surface area contributed by atoms with Gasteiger partial charge in [0.2, 0.25) is 5.95 Å². The van der Waals surface area contributed by atoms with Gasteiger partial charge in [0.05, 0.1) is 37.2 Å². The van der Waals surface area contributed by atoms with Crippen molar-refractivity contribution < 1.29 is 22.9 Å². The second-order valence-corrected chi connectivity index (χ2v) is 9.16. The largest absolute Gasteiger partial charge is 0.468 e. The van der Waals surface area contributed by atoms with E-state index < -0.39 is 11.8 Å².